The monoisotopic (exact) mass is 334 g/mol. The van der Waals surface area contributed by atoms with Gasteiger partial charge in [0.25, 0.3) is 0 Å². The van der Waals surface area contributed by atoms with Gasteiger partial charge in [-0.1, -0.05) is 0 Å². The highest BCUT2D eigenvalue weighted by Gasteiger charge is 2.21. The molecular formula is C10H11ClN4O3S2. The van der Waals surface area contributed by atoms with E-state index in [1.165, 1.54) is 6.07 Å². The second-order valence-electron chi connectivity index (χ2n) is 4.24. The van der Waals surface area contributed by atoms with Gasteiger partial charge in [0.15, 0.2) is 5.82 Å². The van der Waals surface area contributed by atoms with E-state index in [2.05, 4.69) is 9.97 Å². The molecule has 7 nitrogen and oxygen atoms in total. The van der Waals surface area contributed by atoms with Crippen LogP contribution in [0.2, 0.25) is 5.28 Å². The SMILES string of the molecule is NS(=O)(=O)c1cc2nc(Cl)nc(N3CCOCC3)c2s1. The maximum Gasteiger partial charge on any atom is 0.247 e. The third-order valence-electron chi connectivity index (χ3n) is 2.89. The fourth-order valence-corrected chi connectivity index (χ4v) is 4.00. The summed E-state index contributed by atoms with van der Waals surface area (Å²) in [7, 11) is -3.76. The molecule has 0 aliphatic carbocycles. The molecule has 0 spiro atoms. The molecule has 0 aromatic carbocycles. The number of morpholine rings is 1. The summed E-state index contributed by atoms with van der Waals surface area (Å²) in [6, 6.07) is 1.42. The van der Waals surface area contributed by atoms with E-state index < -0.39 is 10.0 Å². The topological polar surface area (TPSA) is 98.4 Å². The highest BCUT2D eigenvalue weighted by atomic mass is 35.5. The molecule has 2 aromatic heterocycles. The van der Waals surface area contributed by atoms with Crippen molar-refractivity contribution >= 4 is 49.0 Å². The number of anilines is 1. The highest BCUT2D eigenvalue weighted by Crippen LogP contribution is 2.34. The first-order chi connectivity index (χ1) is 9.45. The van der Waals surface area contributed by atoms with E-state index in [1.54, 1.807) is 0 Å². The Morgan fingerprint density at radius 1 is 1.35 bits per heavy atom. The van der Waals surface area contributed by atoms with Crippen LogP contribution >= 0.6 is 22.9 Å². The zero-order valence-corrected chi connectivity index (χ0v) is 12.6. The van der Waals surface area contributed by atoms with Crippen molar-refractivity contribution in [1.82, 2.24) is 9.97 Å². The standard InChI is InChI=1S/C10H11ClN4O3S2/c11-10-13-6-5-7(20(12,16)17)19-8(6)9(14-10)15-1-3-18-4-2-15/h5H,1-4H2,(H2,12,16,17). The summed E-state index contributed by atoms with van der Waals surface area (Å²) in [4.78, 5) is 10.3. The van der Waals surface area contributed by atoms with Gasteiger partial charge >= 0.3 is 0 Å². The summed E-state index contributed by atoms with van der Waals surface area (Å²) < 4.78 is 28.9. The predicted octanol–water partition coefficient (Wildman–Crippen LogP) is 0.829. The molecule has 3 heterocycles. The number of halogens is 1. The van der Waals surface area contributed by atoms with Gasteiger partial charge < -0.3 is 9.64 Å². The lowest BCUT2D eigenvalue weighted by Crippen LogP contribution is -2.36. The quantitative estimate of drug-likeness (QED) is 0.817. The van der Waals surface area contributed by atoms with Gasteiger partial charge in [-0.2, -0.15) is 4.98 Å². The molecule has 0 saturated carbocycles. The third kappa shape index (κ3) is 2.59. The molecule has 20 heavy (non-hydrogen) atoms. The van der Waals surface area contributed by atoms with E-state index in [0.29, 0.717) is 42.3 Å². The number of nitrogens with two attached hydrogens (primary N) is 1. The Kier molecular flexibility index (Phi) is 3.55. The molecule has 1 aliphatic heterocycles. The Labute approximate surface area is 124 Å². The third-order valence-corrected chi connectivity index (χ3v) is 5.60. The first kappa shape index (κ1) is 14.0. The van der Waals surface area contributed by atoms with E-state index in [-0.39, 0.29) is 9.49 Å². The summed E-state index contributed by atoms with van der Waals surface area (Å²) in [5, 5.41) is 5.24. The van der Waals surface area contributed by atoms with Crippen LogP contribution in [-0.4, -0.2) is 44.7 Å². The van der Waals surface area contributed by atoms with Gasteiger partial charge in [-0.3, -0.25) is 0 Å². The van der Waals surface area contributed by atoms with Crippen LogP contribution in [0.25, 0.3) is 10.2 Å². The first-order valence-electron chi connectivity index (χ1n) is 5.78. The molecule has 3 rings (SSSR count). The molecular weight excluding hydrogens is 324 g/mol. The average molecular weight is 335 g/mol. The van der Waals surface area contributed by atoms with Crippen molar-refractivity contribution in [3.8, 4) is 0 Å². The second-order valence-corrected chi connectivity index (χ2v) is 7.42. The molecule has 1 aliphatic rings. The molecule has 1 saturated heterocycles. The normalized spacial score (nSPS) is 16.8. The van der Waals surface area contributed by atoms with Crippen LogP contribution in [0.15, 0.2) is 10.3 Å². The van der Waals surface area contributed by atoms with Gasteiger partial charge in [-0.05, 0) is 17.7 Å². The summed E-state index contributed by atoms with van der Waals surface area (Å²) in [5.41, 5.74) is 0.487. The largest absolute Gasteiger partial charge is 0.378 e. The highest BCUT2D eigenvalue weighted by molar-refractivity contribution is 7.91. The minimum atomic E-state index is -3.76. The molecule has 0 radical (unpaired) electrons. The molecule has 2 aromatic rings. The number of fused-ring (bicyclic) bond motifs is 1. The van der Waals surface area contributed by atoms with Crippen molar-refractivity contribution in [3.63, 3.8) is 0 Å². The number of aromatic nitrogens is 2. The number of primary sulfonamides is 1. The van der Waals surface area contributed by atoms with Crippen molar-refractivity contribution < 1.29 is 13.2 Å². The van der Waals surface area contributed by atoms with E-state index in [4.69, 9.17) is 21.5 Å². The lowest BCUT2D eigenvalue weighted by atomic mass is 10.3. The molecule has 0 bridgehead atoms. The fourth-order valence-electron chi connectivity index (χ4n) is 1.99. The van der Waals surface area contributed by atoms with Crippen molar-refractivity contribution in [2.45, 2.75) is 4.21 Å². The van der Waals surface area contributed by atoms with Crippen LogP contribution in [0, 0.1) is 0 Å². The predicted molar refractivity (Wildman–Crippen MR) is 76.8 cm³/mol. The number of hydrogen-bond acceptors (Lipinski definition) is 7. The van der Waals surface area contributed by atoms with Gasteiger partial charge in [0.2, 0.25) is 15.3 Å². The lowest BCUT2D eigenvalue weighted by Gasteiger charge is -2.28. The Balaban J connectivity index is 2.17. The molecule has 10 heteroatoms. The van der Waals surface area contributed by atoms with Crippen LogP contribution in [0.5, 0.6) is 0 Å². The van der Waals surface area contributed by atoms with E-state index in [1.807, 2.05) is 4.90 Å². The number of rotatable bonds is 2. The molecule has 0 amide bonds. The second kappa shape index (κ2) is 5.08. The summed E-state index contributed by atoms with van der Waals surface area (Å²) in [5.74, 6) is 0.628. The van der Waals surface area contributed by atoms with Crippen molar-refractivity contribution in [2.75, 3.05) is 31.2 Å². The van der Waals surface area contributed by atoms with Gasteiger partial charge in [0, 0.05) is 13.1 Å². The first-order valence-corrected chi connectivity index (χ1v) is 8.52. The molecule has 0 atom stereocenters. The minimum Gasteiger partial charge on any atom is -0.378 e. The summed E-state index contributed by atoms with van der Waals surface area (Å²) in [6.07, 6.45) is 0. The summed E-state index contributed by atoms with van der Waals surface area (Å²) >= 11 is 6.96. The molecule has 2 N–H and O–H groups in total. The van der Waals surface area contributed by atoms with Gasteiger partial charge in [-0.15, -0.1) is 11.3 Å². The van der Waals surface area contributed by atoms with E-state index in [0.717, 1.165) is 11.3 Å². The molecule has 0 unspecified atom stereocenters. The molecule has 1 fully saturated rings. The smallest absolute Gasteiger partial charge is 0.247 e. The Morgan fingerprint density at radius 2 is 2.05 bits per heavy atom. The maximum atomic E-state index is 11.4. The zero-order chi connectivity index (χ0) is 14.3. The number of thiophene rings is 1. The Hall–Kier alpha value is -1.00. The van der Waals surface area contributed by atoms with Crippen molar-refractivity contribution in [1.29, 1.82) is 0 Å². The lowest BCUT2D eigenvalue weighted by molar-refractivity contribution is 0.122. The summed E-state index contributed by atoms with van der Waals surface area (Å²) in [6.45, 7) is 2.53. The van der Waals surface area contributed by atoms with E-state index >= 15 is 0 Å². The Morgan fingerprint density at radius 3 is 2.70 bits per heavy atom. The van der Waals surface area contributed by atoms with E-state index in [9.17, 15) is 8.42 Å². The number of hydrogen-bond donors (Lipinski definition) is 1. The van der Waals surface area contributed by atoms with Crippen LogP contribution in [-0.2, 0) is 14.8 Å². The minimum absolute atomic E-state index is 0.0542. The van der Waals surface area contributed by atoms with Gasteiger partial charge in [0.05, 0.1) is 23.4 Å². The van der Waals surface area contributed by atoms with Gasteiger partial charge in [0.1, 0.15) is 4.21 Å². The van der Waals surface area contributed by atoms with Gasteiger partial charge in [-0.25, -0.2) is 18.5 Å². The number of ether oxygens (including phenoxy) is 1. The zero-order valence-electron chi connectivity index (χ0n) is 10.2. The molecule has 108 valence electrons. The van der Waals surface area contributed by atoms with Crippen LogP contribution in [0.3, 0.4) is 0 Å². The van der Waals surface area contributed by atoms with Crippen LogP contribution in [0.4, 0.5) is 5.82 Å². The van der Waals surface area contributed by atoms with Crippen molar-refractivity contribution in [3.05, 3.63) is 11.3 Å². The number of sulfonamides is 1. The number of nitrogens with zero attached hydrogens (tertiary/aromatic N) is 3. The Bertz CT molecular complexity index is 755. The van der Waals surface area contributed by atoms with Crippen molar-refractivity contribution in [2.24, 2.45) is 5.14 Å². The van der Waals surface area contributed by atoms with Crippen LogP contribution in [0.1, 0.15) is 0 Å². The average Bonchev–Trinajstić information content (AvgIpc) is 2.82. The fraction of sp³-hybridized carbons (Fsp3) is 0.400. The maximum absolute atomic E-state index is 11.4. The van der Waals surface area contributed by atoms with Crippen LogP contribution < -0.4 is 10.0 Å².